The summed E-state index contributed by atoms with van der Waals surface area (Å²) in [7, 11) is 3.10. The van der Waals surface area contributed by atoms with Crippen LogP contribution >= 0.6 is 0 Å². The molecule has 0 fully saturated rings. The highest BCUT2D eigenvalue weighted by atomic mass is 16.5. The number of ether oxygens (including phenoxy) is 2. The maximum Gasteiger partial charge on any atom is 0.160 e. The molecule has 0 bridgehead atoms. The van der Waals surface area contributed by atoms with Crippen LogP contribution in [0.4, 0.5) is 0 Å². The summed E-state index contributed by atoms with van der Waals surface area (Å²) in [5, 5.41) is 23.3. The van der Waals surface area contributed by atoms with Gasteiger partial charge in [0.1, 0.15) is 0 Å². The molecule has 1 aliphatic rings. The average Bonchev–Trinajstić information content (AvgIpc) is 2.56. The van der Waals surface area contributed by atoms with E-state index < -0.39 is 0 Å². The van der Waals surface area contributed by atoms with Crippen molar-refractivity contribution in [3.8, 4) is 23.0 Å². The average molecular weight is 315 g/mol. The van der Waals surface area contributed by atoms with E-state index in [-0.39, 0.29) is 17.5 Å². The zero-order valence-corrected chi connectivity index (χ0v) is 13.3. The van der Waals surface area contributed by atoms with Crippen molar-refractivity contribution in [2.45, 2.75) is 18.9 Å². The number of nitrogens with one attached hydrogen (secondary N) is 1. The maximum absolute atomic E-state index is 10.1. The van der Waals surface area contributed by atoms with E-state index in [1.54, 1.807) is 19.2 Å². The summed E-state index contributed by atoms with van der Waals surface area (Å²) in [5.74, 6) is 1.27. The lowest BCUT2D eigenvalue weighted by Gasteiger charge is -2.28. The van der Waals surface area contributed by atoms with Gasteiger partial charge < -0.3 is 25.0 Å². The minimum atomic E-state index is 0.102. The Kier molecular flexibility index (Phi) is 4.30. The fraction of sp³-hybridized carbons (Fsp3) is 0.333. The Morgan fingerprint density at radius 1 is 1.04 bits per heavy atom. The van der Waals surface area contributed by atoms with Crippen molar-refractivity contribution in [3.63, 3.8) is 0 Å². The summed E-state index contributed by atoms with van der Waals surface area (Å²) < 4.78 is 10.4. The number of hydrogen-bond donors (Lipinski definition) is 3. The smallest absolute Gasteiger partial charge is 0.160 e. The molecule has 0 spiro atoms. The Morgan fingerprint density at radius 3 is 2.52 bits per heavy atom. The second-order valence-electron chi connectivity index (χ2n) is 5.69. The summed E-state index contributed by atoms with van der Waals surface area (Å²) in [4.78, 5) is 0. The molecular weight excluding hydrogens is 294 g/mol. The molecule has 5 nitrogen and oxygen atoms in total. The molecular formula is C18H21NO4. The van der Waals surface area contributed by atoms with Crippen molar-refractivity contribution in [1.29, 1.82) is 0 Å². The lowest BCUT2D eigenvalue weighted by Crippen LogP contribution is -2.31. The second-order valence-corrected chi connectivity index (χ2v) is 5.69. The van der Waals surface area contributed by atoms with Gasteiger partial charge in [-0.2, -0.15) is 0 Å². The van der Waals surface area contributed by atoms with Crippen LogP contribution in [-0.2, 0) is 12.8 Å². The number of hydrogen-bond acceptors (Lipinski definition) is 5. The van der Waals surface area contributed by atoms with Crippen LogP contribution in [0.25, 0.3) is 0 Å². The van der Waals surface area contributed by atoms with E-state index in [2.05, 4.69) is 5.32 Å². The van der Waals surface area contributed by atoms with Gasteiger partial charge in [0, 0.05) is 6.04 Å². The van der Waals surface area contributed by atoms with Crippen molar-refractivity contribution >= 4 is 0 Å². The fourth-order valence-corrected chi connectivity index (χ4v) is 3.09. The van der Waals surface area contributed by atoms with Crippen molar-refractivity contribution in [2.24, 2.45) is 0 Å². The highest BCUT2D eigenvalue weighted by Gasteiger charge is 2.22. The zero-order chi connectivity index (χ0) is 16.4. The van der Waals surface area contributed by atoms with Gasteiger partial charge in [-0.15, -0.1) is 0 Å². The predicted octanol–water partition coefficient (Wildman–Crippen LogP) is 2.54. The largest absolute Gasteiger partial charge is 0.504 e. The number of benzene rings is 2. The van der Waals surface area contributed by atoms with Crippen molar-refractivity contribution in [2.75, 3.05) is 20.8 Å². The van der Waals surface area contributed by atoms with Crippen LogP contribution in [0.1, 0.15) is 22.7 Å². The normalized spacial score (nSPS) is 16.7. The first-order valence-corrected chi connectivity index (χ1v) is 7.61. The zero-order valence-electron chi connectivity index (χ0n) is 13.3. The highest BCUT2D eigenvalue weighted by Crippen LogP contribution is 2.36. The molecule has 0 radical (unpaired) electrons. The quantitative estimate of drug-likeness (QED) is 0.809. The highest BCUT2D eigenvalue weighted by molar-refractivity contribution is 5.49. The van der Waals surface area contributed by atoms with Crippen LogP contribution in [0, 0.1) is 0 Å². The van der Waals surface area contributed by atoms with Crippen LogP contribution in [0.5, 0.6) is 23.0 Å². The van der Waals surface area contributed by atoms with Gasteiger partial charge in [-0.25, -0.2) is 0 Å². The molecule has 2 aromatic carbocycles. The van der Waals surface area contributed by atoms with Gasteiger partial charge in [0.25, 0.3) is 0 Å². The van der Waals surface area contributed by atoms with Crippen LogP contribution in [0.3, 0.4) is 0 Å². The molecule has 1 heterocycles. The molecule has 0 amide bonds. The summed E-state index contributed by atoms with van der Waals surface area (Å²) in [6, 6.07) is 9.16. The van der Waals surface area contributed by atoms with E-state index in [9.17, 15) is 10.2 Å². The molecule has 1 aliphatic heterocycles. The van der Waals surface area contributed by atoms with Crippen LogP contribution in [0.2, 0.25) is 0 Å². The molecule has 5 heteroatoms. The number of phenols is 2. The minimum Gasteiger partial charge on any atom is -0.504 e. The lowest BCUT2D eigenvalue weighted by atomic mass is 9.90. The molecule has 0 saturated heterocycles. The Morgan fingerprint density at radius 2 is 1.78 bits per heavy atom. The van der Waals surface area contributed by atoms with E-state index in [1.807, 2.05) is 18.2 Å². The van der Waals surface area contributed by atoms with Crippen LogP contribution < -0.4 is 14.8 Å². The topological polar surface area (TPSA) is 71.0 Å². The molecule has 2 aromatic rings. The molecule has 1 atom stereocenters. The summed E-state index contributed by atoms with van der Waals surface area (Å²) in [6.45, 7) is 0.876. The SMILES string of the molecule is COc1cc(C[C@H]2NCCc3cc(OC)c(O)cc32)ccc1O. The van der Waals surface area contributed by atoms with Gasteiger partial charge in [-0.1, -0.05) is 6.07 Å². The first kappa shape index (κ1) is 15.5. The Balaban J connectivity index is 1.90. The Bertz CT molecular complexity index is 714. The van der Waals surface area contributed by atoms with Gasteiger partial charge in [-0.05, 0) is 60.3 Å². The number of methoxy groups -OCH3 is 2. The predicted molar refractivity (Wildman–Crippen MR) is 87.5 cm³/mol. The molecule has 23 heavy (non-hydrogen) atoms. The van der Waals surface area contributed by atoms with Crippen LogP contribution in [0.15, 0.2) is 30.3 Å². The standard InChI is InChI=1S/C18H21NO4/c1-22-17-8-11(3-4-15(17)20)7-14-13-10-16(21)18(23-2)9-12(13)5-6-19-14/h3-4,8-10,14,19-21H,5-7H2,1-2H3/t14-/m1/s1. The van der Waals surface area contributed by atoms with E-state index in [0.29, 0.717) is 11.5 Å². The molecule has 3 N–H and O–H groups in total. The molecule has 122 valence electrons. The third-order valence-electron chi connectivity index (χ3n) is 4.29. The monoisotopic (exact) mass is 315 g/mol. The van der Waals surface area contributed by atoms with Crippen molar-refractivity contribution in [1.82, 2.24) is 5.32 Å². The fourth-order valence-electron chi connectivity index (χ4n) is 3.09. The molecule has 0 saturated carbocycles. The molecule has 0 aliphatic carbocycles. The van der Waals surface area contributed by atoms with Gasteiger partial charge in [-0.3, -0.25) is 0 Å². The molecule has 3 rings (SSSR count). The summed E-state index contributed by atoms with van der Waals surface area (Å²) in [6.07, 6.45) is 1.65. The van der Waals surface area contributed by atoms with Crippen LogP contribution in [-0.4, -0.2) is 31.0 Å². The first-order chi connectivity index (χ1) is 11.1. The van der Waals surface area contributed by atoms with E-state index >= 15 is 0 Å². The van der Waals surface area contributed by atoms with Crippen molar-refractivity contribution < 1.29 is 19.7 Å². The third kappa shape index (κ3) is 3.05. The Hall–Kier alpha value is -2.40. The van der Waals surface area contributed by atoms with E-state index in [0.717, 1.165) is 30.5 Å². The van der Waals surface area contributed by atoms with Gasteiger partial charge in [0.2, 0.25) is 0 Å². The Labute approximate surface area is 135 Å². The number of aromatic hydroxyl groups is 2. The number of fused-ring (bicyclic) bond motifs is 1. The second kappa shape index (κ2) is 6.38. The molecule has 0 unspecified atom stereocenters. The number of phenolic OH excluding ortho intramolecular Hbond substituents is 2. The number of rotatable bonds is 4. The van der Waals surface area contributed by atoms with Gasteiger partial charge in [0.15, 0.2) is 23.0 Å². The van der Waals surface area contributed by atoms with E-state index in [4.69, 9.17) is 9.47 Å². The third-order valence-corrected chi connectivity index (χ3v) is 4.29. The summed E-state index contributed by atoms with van der Waals surface area (Å²) >= 11 is 0. The first-order valence-electron chi connectivity index (χ1n) is 7.61. The molecule has 0 aromatic heterocycles. The maximum atomic E-state index is 10.1. The lowest BCUT2D eigenvalue weighted by molar-refractivity contribution is 0.369. The minimum absolute atomic E-state index is 0.102. The van der Waals surface area contributed by atoms with Gasteiger partial charge in [0.05, 0.1) is 14.2 Å². The van der Waals surface area contributed by atoms with Crippen molar-refractivity contribution in [3.05, 3.63) is 47.0 Å². The summed E-state index contributed by atoms with van der Waals surface area (Å²) in [5.41, 5.74) is 3.33. The van der Waals surface area contributed by atoms with Gasteiger partial charge >= 0.3 is 0 Å². The van der Waals surface area contributed by atoms with E-state index in [1.165, 1.54) is 12.7 Å².